The van der Waals surface area contributed by atoms with E-state index >= 15 is 0 Å². The van der Waals surface area contributed by atoms with E-state index in [1.807, 2.05) is 0 Å². The van der Waals surface area contributed by atoms with Gasteiger partial charge in [0.2, 0.25) is 0 Å². The van der Waals surface area contributed by atoms with Crippen molar-refractivity contribution < 1.29 is 36.2 Å². The van der Waals surface area contributed by atoms with Gasteiger partial charge in [-0.15, -0.1) is 0 Å². The van der Waals surface area contributed by atoms with Gasteiger partial charge in [-0.25, -0.2) is 9.97 Å². The van der Waals surface area contributed by atoms with E-state index in [1.54, 1.807) is 24.5 Å². The first-order chi connectivity index (χ1) is 19.9. The van der Waals surface area contributed by atoms with Gasteiger partial charge in [-0.2, -0.15) is 22.0 Å². The number of hydrogen-bond donors (Lipinski definition) is 4. The van der Waals surface area contributed by atoms with Crippen LogP contribution < -0.4 is 16.2 Å². The van der Waals surface area contributed by atoms with E-state index in [2.05, 4.69) is 24.7 Å². The fourth-order valence-corrected chi connectivity index (χ4v) is 4.45. The Morgan fingerprint density at radius 3 is 1.55 bits per heavy atom. The Hall–Kier alpha value is -3.85. The average Bonchev–Trinajstić information content (AvgIpc) is 3.57. The van der Waals surface area contributed by atoms with Gasteiger partial charge >= 0.3 is 12.8 Å². The van der Waals surface area contributed by atoms with Crippen molar-refractivity contribution in [1.82, 2.24) is 19.9 Å². The summed E-state index contributed by atoms with van der Waals surface area (Å²) in [7, 11) is 0. The number of aromatic nitrogens is 4. The van der Waals surface area contributed by atoms with Gasteiger partial charge in [0.05, 0.1) is 66.9 Å². The molecular formula is C28H29F5N6O3. The summed E-state index contributed by atoms with van der Waals surface area (Å²) in [5.41, 5.74) is 13.7. The van der Waals surface area contributed by atoms with Crippen molar-refractivity contribution in [2.45, 2.75) is 36.7 Å². The van der Waals surface area contributed by atoms with Crippen molar-refractivity contribution in [1.29, 1.82) is 0 Å². The highest BCUT2D eigenvalue weighted by Gasteiger charge is 2.36. The molecule has 2 aliphatic heterocycles. The van der Waals surface area contributed by atoms with Crippen LogP contribution in [0, 0.1) is 0 Å². The Kier molecular flexibility index (Phi) is 8.32. The number of nitrogens with two attached hydrogens (primary N) is 2. The number of H-pyrrole nitrogens is 2. The highest BCUT2D eigenvalue weighted by molar-refractivity contribution is 5.60. The molecule has 14 heteroatoms. The highest BCUT2D eigenvalue weighted by atomic mass is 19.4. The number of alkyl halides is 5. The molecule has 0 bridgehead atoms. The zero-order valence-corrected chi connectivity index (χ0v) is 22.3. The number of rotatable bonds is 8. The van der Waals surface area contributed by atoms with Crippen molar-refractivity contribution >= 4 is 0 Å². The standard InChI is InChI=1S/C14H14F3N3O.C14H15F2N3O2/c15-14(16,17)10-3-1-9(2-4-10)11-6-19-12(20-11)5-13(18)7-21-8-13;15-13(16)21-10-3-1-9(2-4-10)11-6-18-12(19-11)5-14(17)7-20-8-14/h1-4,6H,5,7-8,18H2,(H,19,20);1-4,6,13H,5,7-8,17H2,(H,18,19). The summed E-state index contributed by atoms with van der Waals surface area (Å²) < 4.78 is 76.2. The van der Waals surface area contributed by atoms with Crippen LogP contribution in [0.25, 0.3) is 22.5 Å². The molecule has 224 valence electrons. The maximum absolute atomic E-state index is 12.5. The van der Waals surface area contributed by atoms with Crippen LogP contribution >= 0.6 is 0 Å². The largest absolute Gasteiger partial charge is 0.435 e. The van der Waals surface area contributed by atoms with Crippen LogP contribution in [0.4, 0.5) is 22.0 Å². The van der Waals surface area contributed by atoms with Crippen LogP contribution in [-0.2, 0) is 28.5 Å². The van der Waals surface area contributed by atoms with Crippen molar-refractivity contribution in [3.05, 3.63) is 78.1 Å². The molecule has 0 spiro atoms. The van der Waals surface area contributed by atoms with Gasteiger partial charge < -0.3 is 35.6 Å². The lowest BCUT2D eigenvalue weighted by molar-refractivity contribution is -0.137. The maximum atomic E-state index is 12.5. The molecule has 2 aromatic heterocycles. The summed E-state index contributed by atoms with van der Waals surface area (Å²) in [5, 5.41) is 0. The van der Waals surface area contributed by atoms with Gasteiger partial charge in [-0.05, 0) is 47.5 Å². The topological polar surface area (TPSA) is 137 Å². The fraction of sp³-hybridized carbons (Fsp3) is 0.357. The van der Waals surface area contributed by atoms with Crippen LogP contribution in [0.2, 0.25) is 0 Å². The van der Waals surface area contributed by atoms with Crippen LogP contribution in [0.1, 0.15) is 17.2 Å². The van der Waals surface area contributed by atoms with E-state index in [-0.39, 0.29) is 11.3 Å². The third-order valence-electron chi connectivity index (χ3n) is 6.77. The van der Waals surface area contributed by atoms with E-state index < -0.39 is 23.9 Å². The Bertz CT molecular complexity index is 1460. The molecule has 0 radical (unpaired) electrons. The molecule has 4 heterocycles. The van der Waals surface area contributed by atoms with Crippen molar-refractivity contribution in [3.63, 3.8) is 0 Å². The molecule has 42 heavy (non-hydrogen) atoms. The smallest absolute Gasteiger partial charge is 0.416 e. The normalized spacial score (nSPS) is 17.1. The molecule has 2 saturated heterocycles. The van der Waals surface area contributed by atoms with Gasteiger partial charge in [0, 0.05) is 12.8 Å². The average molecular weight is 593 g/mol. The van der Waals surface area contributed by atoms with Crippen LogP contribution in [0.15, 0.2) is 60.9 Å². The molecule has 2 aliphatic rings. The first-order valence-electron chi connectivity index (χ1n) is 12.9. The van der Waals surface area contributed by atoms with Crippen LogP contribution in [-0.4, -0.2) is 64.1 Å². The number of benzene rings is 2. The highest BCUT2D eigenvalue weighted by Crippen LogP contribution is 2.31. The Balaban J connectivity index is 0.000000168. The molecular weight excluding hydrogens is 563 g/mol. The first kappa shape index (κ1) is 29.6. The molecule has 9 nitrogen and oxygen atoms in total. The molecule has 0 atom stereocenters. The number of hydrogen-bond acceptors (Lipinski definition) is 7. The molecule has 6 rings (SSSR count). The lowest BCUT2D eigenvalue weighted by Gasteiger charge is -2.37. The van der Waals surface area contributed by atoms with E-state index in [0.717, 1.165) is 29.2 Å². The van der Waals surface area contributed by atoms with E-state index in [1.165, 1.54) is 24.3 Å². The van der Waals surface area contributed by atoms with Crippen molar-refractivity contribution in [3.8, 4) is 28.3 Å². The van der Waals surface area contributed by atoms with Gasteiger partial charge in [0.1, 0.15) is 17.4 Å². The summed E-state index contributed by atoms with van der Waals surface area (Å²) in [6.07, 6.45) is 0.128. The SMILES string of the molecule is NC1(Cc2ncc(-c3ccc(C(F)(F)F)cc3)[nH]2)COC1.NC1(Cc2ncc(-c3ccc(OC(F)F)cc3)[nH]2)COC1. The summed E-state index contributed by atoms with van der Waals surface area (Å²) in [6, 6.07) is 11.3. The molecule has 0 aliphatic carbocycles. The fourth-order valence-electron chi connectivity index (χ4n) is 4.45. The molecule has 2 aromatic carbocycles. The number of ether oxygens (including phenoxy) is 3. The van der Waals surface area contributed by atoms with Crippen molar-refractivity contribution in [2.24, 2.45) is 11.5 Å². The summed E-state index contributed by atoms with van der Waals surface area (Å²) in [5.74, 6) is 1.61. The lowest BCUT2D eigenvalue weighted by atomic mass is 9.94. The lowest BCUT2D eigenvalue weighted by Crippen LogP contribution is -2.59. The molecule has 0 unspecified atom stereocenters. The first-order valence-corrected chi connectivity index (χ1v) is 12.9. The number of halogens is 5. The zero-order valence-electron chi connectivity index (χ0n) is 22.3. The van der Waals surface area contributed by atoms with E-state index in [4.69, 9.17) is 20.9 Å². The van der Waals surface area contributed by atoms with Gasteiger partial charge in [-0.3, -0.25) is 0 Å². The molecule has 2 fully saturated rings. The zero-order chi connectivity index (χ0) is 30.0. The Morgan fingerprint density at radius 1 is 0.762 bits per heavy atom. The second-order valence-corrected chi connectivity index (χ2v) is 10.5. The van der Waals surface area contributed by atoms with Gasteiger partial charge in [0.25, 0.3) is 0 Å². The number of nitrogens with zero attached hydrogens (tertiary/aromatic N) is 2. The predicted molar refractivity (Wildman–Crippen MR) is 143 cm³/mol. The number of nitrogens with one attached hydrogen (secondary N) is 2. The predicted octanol–water partition coefficient (Wildman–Crippen LogP) is 4.31. The minimum absolute atomic E-state index is 0.126. The monoisotopic (exact) mass is 592 g/mol. The minimum atomic E-state index is -4.33. The second-order valence-electron chi connectivity index (χ2n) is 10.5. The second kappa shape index (κ2) is 11.8. The van der Waals surface area contributed by atoms with E-state index in [0.29, 0.717) is 56.4 Å². The maximum Gasteiger partial charge on any atom is 0.416 e. The summed E-state index contributed by atoms with van der Waals surface area (Å²) in [4.78, 5) is 14.8. The summed E-state index contributed by atoms with van der Waals surface area (Å²) >= 11 is 0. The molecule has 6 N–H and O–H groups in total. The Labute approximate surface area is 237 Å². The molecule has 0 amide bonds. The number of aromatic amines is 2. The Morgan fingerprint density at radius 2 is 1.19 bits per heavy atom. The molecule has 4 aromatic rings. The number of imidazole rings is 2. The summed E-state index contributed by atoms with van der Waals surface area (Å²) in [6.45, 7) is -0.780. The van der Waals surface area contributed by atoms with Gasteiger partial charge in [-0.1, -0.05) is 12.1 Å². The van der Waals surface area contributed by atoms with Crippen molar-refractivity contribution in [2.75, 3.05) is 26.4 Å². The quantitative estimate of drug-likeness (QED) is 0.224. The third kappa shape index (κ3) is 7.31. The van der Waals surface area contributed by atoms with Gasteiger partial charge in [0.15, 0.2) is 0 Å². The van der Waals surface area contributed by atoms with E-state index in [9.17, 15) is 22.0 Å². The molecule has 0 saturated carbocycles. The van der Waals surface area contributed by atoms with Crippen LogP contribution in [0.5, 0.6) is 5.75 Å². The van der Waals surface area contributed by atoms with Crippen LogP contribution in [0.3, 0.4) is 0 Å². The minimum Gasteiger partial charge on any atom is -0.435 e. The third-order valence-corrected chi connectivity index (χ3v) is 6.77.